The highest BCUT2D eigenvalue weighted by Crippen LogP contribution is 2.55. The van der Waals surface area contributed by atoms with Gasteiger partial charge >= 0.3 is 24.7 Å². The average molecular weight is 598 g/mol. The van der Waals surface area contributed by atoms with Crippen molar-refractivity contribution in [3.63, 3.8) is 0 Å². The molecule has 23 heavy (non-hydrogen) atoms. The number of ether oxygens (including phenoxy) is 1. The van der Waals surface area contributed by atoms with Gasteiger partial charge in [-0.15, -0.1) is 0 Å². The summed E-state index contributed by atoms with van der Waals surface area (Å²) in [5.41, 5.74) is -11.3. The van der Waals surface area contributed by atoms with E-state index in [0.29, 0.717) is 45.2 Å². The molecule has 0 bridgehead atoms. The zero-order valence-corrected chi connectivity index (χ0v) is 14.4. The van der Waals surface area contributed by atoms with Gasteiger partial charge in [0.2, 0.25) is 0 Å². The minimum atomic E-state index is -6.57. The summed E-state index contributed by atoms with van der Waals surface area (Å²) in [4.78, 5) is 0. The van der Waals surface area contributed by atoms with Crippen molar-refractivity contribution in [2.75, 3.05) is 8.86 Å². The number of hydrogen-bond donors (Lipinski definition) is 0. The fourth-order valence-corrected chi connectivity index (χ4v) is 3.25. The van der Waals surface area contributed by atoms with Gasteiger partial charge in [-0.3, -0.25) is 0 Å². The molecule has 0 rings (SSSR count). The second-order valence-electron chi connectivity index (χ2n) is 4.01. The number of hydrogen-bond acceptors (Lipinski definition) is 1. The highest BCUT2D eigenvalue weighted by Gasteiger charge is 2.81. The van der Waals surface area contributed by atoms with Gasteiger partial charge in [0.1, 0.15) is 0 Å². The fourth-order valence-electron chi connectivity index (χ4n) is 1.21. The first kappa shape index (κ1) is 23.6. The van der Waals surface area contributed by atoms with Crippen molar-refractivity contribution in [2.24, 2.45) is 0 Å². The second kappa shape index (κ2) is 6.71. The Labute approximate surface area is 147 Å². The Kier molecular flexibility index (Phi) is 6.88. The molecule has 0 aromatic carbocycles. The number of rotatable bonds is 4. The number of alkyl halides is 14. The van der Waals surface area contributed by atoms with E-state index in [9.17, 15) is 52.7 Å². The summed E-state index contributed by atoms with van der Waals surface area (Å²) in [5, 5.41) is 0. The van der Waals surface area contributed by atoms with E-state index in [-0.39, 0.29) is 0 Å². The molecule has 0 aromatic rings. The lowest BCUT2D eigenvalue weighted by molar-refractivity contribution is -0.455. The van der Waals surface area contributed by atoms with Crippen LogP contribution >= 0.6 is 45.2 Å². The Morgan fingerprint density at radius 2 is 0.652 bits per heavy atom. The molecule has 0 aliphatic carbocycles. The summed E-state index contributed by atoms with van der Waals surface area (Å²) in [7, 11) is 0. The molecule has 15 heteroatoms. The zero-order valence-electron chi connectivity index (χ0n) is 10.1. The van der Waals surface area contributed by atoms with E-state index in [2.05, 4.69) is 4.74 Å². The number of halogens is 14. The Morgan fingerprint density at radius 3 is 0.739 bits per heavy atom. The molecule has 1 nitrogen and oxygen atoms in total. The van der Waals surface area contributed by atoms with Crippen LogP contribution < -0.4 is 0 Å². The van der Waals surface area contributed by atoms with Gasteiger partial charge < -0.3 is 4.74 Å². The standard InChI is InChI=1S/C8H4F12I2O/c9-5(10,11)3(1-21,6(12,13)14)23-4(2-22,7(15,16)17)8(18,19)20/h1-2H2. The zero-order chi connectivity index (χ0) is 19.1. The first-order valence-corrected chi connectivity index (χ1v) is 7.97. The molecular formula is C8H4F12I2O. The SMILES string of the molecule is FC(F)(F)C(CI)(OC(CI)(C(F)(F)F)C(F)(F)F)C(F)(F)F. The molecule has 0 aromatic heterocycles. The minimum Gasteiger partial charge on any atom is -0.332 e. The molecule has 0 amide bonds. The first-order chi connectivity index (χ1) is 9.83. The lowest BCUT2D eigenvalue weighted by Gasteiger charge is -2.44. The summed E-state index contributed by atoms with van der Waals surface area (Å²) in [5.74, 6) is 0. The van der Waals surface area contributed by atoms with Crippen molar-refractivity contribution < 1.29 is 57.4 Å². The summed E-state index contributed by atoms with van der Waals surface area (Å²) in [6, 6.07) is 0. The molecule has 0 radical (unpaired) electrons. The summed E-state index contributed by atoms with van der Waals surface area (Å²) >= 11 is 0.727. The Hall–Kier alpha value is 0.580. The van der Waals surface area contributed by atoms with E-state index < -0.39 is 44.8 Å². The maximum Gasteiger partial charge on any atom is 0.427 e. The monoisotopic (exact) mass is 598 g/mol. The molecule has 0 N–H and O–H groups in total. The highest BCUT2D eigenvalue weighted by molar-refractivity contribution is 14.1. The lowest BCUT2D eigenvalue weighted by atomic mass is 9.99. The van der Waals surface area contributed by atoms with E-state index in [1.807, 2.05) is 0 Å². The molecule has 0 unspecified atom stereocenters. The van der Waals surface area contributed by atoms with Gasteiger partial charge in [0.05, 0.1) is 0 Å². The van der Waals surface area contributed by atoms with E-state index in [1.165, 1.54) is 0 Å². The molecular weight excluding hydrogens is 594 g/mol. The van der Waals surface area contributed by atoms with Gasteiger partial charge in [0.15, 0.2) is 0 Å². The molecule has 0 aliphatic heterocycles. The van der Waals surface area contributed by atoms with Crippen LogP contribution in [0.5, 0.6) is 0 Å². The second-order valence-corrected chi connectivity index (χ2v) is 5.54. The third kappa shape index (κ3) is 4.05. The van der Waals surface area contributed by atoms with Gasteiger partial charge in [-0.1, -0.05) is 45.2 Å². The molecule has 140 valence electrons. The van der Waals surface area contributed by atoms with E-state index in [1.54, 1.807) is 0 Å². The molecule has 0 saturated heterocycles. The average Bonchev–Trinajstić information content (AvgIpc) is 2.23. The third-order valence-electron chi connectivity index (χ3n) is 2.56. The van der Waals surface area contributed by atoms with Crippen LogP contribution in [0.1, 0.15) is 0 Å². The van der Waals surface area contributed by atoms with Crippen LogP contribution in [0.4, 0.5) is 52.7 Å². The molecule has 0 heterocycles. The normalized spacial score (nSPS) is 15.9. The van der Waals surface area contributed by atoms with Crippen molar-refractivity contribution in [1.29, 1.82) is 0 Å². The van der Waals surface area contributed by atoms with Crippen molar-refractivity contribution in [3.8, 4) is 0 Å². The van der Waals surface area contributed by atoms with Gasteiger partial charge in [0.25, 0.3) is 11.2 Å². The highest BCUT2D eigenvalue weighted by atomic mass is 127. The van der Waals surface area contributed by atoms with Crippen LogP contribution in [-0.4, -0.2) is 44.8 Å². The molecule has 0 saturated carbocycles. The Balaban J connectivity index is 6.56. The third-order valence-corrected chi connectivity index (χ3v) is 4.70. The largest absolute Gasteiger partial charge is 0.427 e. The quantitative estimate of drug-likeness (QED) is 0.233. The maximum absolute atomic E-state index is 12.7. The predicted molar refractivity (Wildman–Crippen MR) is 68.5 cm³/mol. The topological polar surface area (TPSA) is 9.23 Å². The van der Waals surface area contributed by atoms with Gasteiger partial charge in [-0.05, 0) is 0 Å². The van der Waals surface area contributed by atoms with Crippen LogP contribution in [0, 0.1) is 0 Å². The van der Waals surface area contributed by atoms with Crippen LogP contribution in [0.15, 0.2) is 0 Å². The van der Waals surface area contributed by atoms with Gasteiger partial charge in [0, 0.05) is 8.86 Å². The van der Waals surface area contributed by atoms with E-state index in [0.717, 1.165) is 0 Å². The van der Waals surface area contributed by atoms with Crippen molar-refractivity contribution in [1.82, 2.24) is 0 Å². The van der Waals surface area contributed by atoms with Gasteiger partial charge in [-0.25, -0.2) is 0 Å². The van der Waals surface area contributed by atoms with Crippen LogP contribution in [0.2, 0.25) is 0 Å². The molecule has 0 atom stereocenters. The van der Waals surface area contributed by atoms with Crippen molar-refractivity contribution >= 4 is 45.2 Å². The first-order valence-electron chi connectivity index (χ1n) is 4.92. The summed E-state index contributed by atoms with van der Waals surface area (Å²) in [6.07, 6.45) is -26.3. The smallest absolute Gasteiger partial charge is 0.332 e. The van der Waals surface area contributed by atoms with Crippen molar-refractivity contribution in [2.45, 2.75) is 35.9 Å². The van der Waals surface area contributed by atoms with E-state index >= 15 is 0 Å². The summed E-state index contributed by atoms with van der Waals surface area (Å²) < 4.78 is 151. The Bertz CT molecular complexity index is 339. The Morgan fingerprint density at radius 1 is 0.478 bits per heavy atom. The maximum atomic E-state index is 12.7. The minimum absolute atomic E-state index is 0.363. The van der Waals surface area contributed by atoms with Crippen LogP contribution in [0.25, 0.3) is 0 Å². The fraction of sp³-hybridized carbons (Fsp3) is 1.00. The van der Waals surface area contributed by atoms with Gasteiger partial charge in [-0.2, -0.15) is 52.7 Å². The van der Waals surface area contributed by atoms with Crippen LogP contribution in [-0.2, 0) is 4.74 Å². The predicted octanol–water partition coefficient (Wildman–Crippen LogP) is 5.60. The van der Waals surface area contributed by atoms with Crippen molar-refractivity contribution in [3.05, 3.63) is 0 Å². The summed E-state index contributed by atoms with van der Waals surface area (Å²) in [6.45, 7) is 0. The lowest BCUT2D eigenvalue weighted by Crippen LogP contribution is -2.71. The molecule has 0 aliphatic rings. The molecule has 0 spiro atoms. The van der Waals surface area contributed by atoms with Crippen LogP contribution in [0.3, 0.4) is 0 Å². The van der Waals surface area contributed by atoms with E-state index in [4.69, 9.17) is 0 Å². The molecule has 0 fully saturated rings.